The molecule has 1 fully saturated rings. The lowest BCUT2D eigenvalue weighted by Crippen LogP contribution is -2.35. The van der Waals surface area contributed by atoms with Gasteiger partial charge in [-0.15, -0.1) is 0 Å². The van der Waals surface area contributed by atoms with Crippen molar-refractivity contribution in [3.63, 3.8) is 0 Å². The highest BCUT2D eigenvalue weighted by molar-refractivity contribution is 6.32. The number of rotatable bonds is 3. The number of benzene rings is 1. The third-order valence-electron chi connectivity index (χ3n) is 4.14. The van der Waals surface area contributed by atoms with Crippen molar-refractivity contribution in [2.45, 2.75) is 19.4 Å². The first kappa shape index (κ1) is 14.3. The number of hydrogen-bond donors (Lipinski definition) is 1. The third kappa shape index (κ3) is 3.01. The van der Waals surface area contributed by atoms with Gasteiger partial charge < -0.3 is 5.11 Å². The molecule has 4 nitrogen and oxygen atoms in total. The first-order valence-corrected chi connectivity index (χ1v) is 7.50. The van der Waals surface area contributed by atoms with Crippen molar-refractivity contribution in [2.24, 2.45) is 5.92 Å². The van der Waals surface area contributed by atoms with Crippen LogP contribution in [-0.2, 0) is 11.3 Å². The SMILES string of the molecule is O=C(O)C1CCN(Cc2c(Cl)ccc3cccnc23)CC1. The molecule has 0 amide bonds. The number of aromatic nitrogens is 1. The topological polar surface area (TPSA) is 53.4 Å². The largest absolute Gasteiger partial charge is 0.481 e. The molecule has 1 aromatic carbocycles. The molecule has 0 radical (unpaired) electrons. The fourth-order valence-electron chi connectivity index (χ4n) is 2.89. The standard InChI is InChI=1S/C16H17ClN2O2/c17-14-4-3-11-2-1-7-18-15(11)13(14)10-19-8-5-12(6-9-19)16(20)21/h1-4,7,12H,5-6,8-10H2,(H,20,21). The normalized spacial score (nSPS) is 17.2. The summed E-state index contributed by atoms with van der Waals surface area (Å²) in [6.07, 6.45) is 3.18. The number of carboxylic acids is 1. The van der Waals surface area contributed by atoms with Crippen LogP contribution in [0.1, 0.15) is 18.4 Å². The lowest BCUT2D eigenvalue weighted by molar-refractivity contribution is -0.143. The van der Waals surface area contributed by atoms with Crippen molar-refractivity contribution in [3.05, 3.63) is 41.0 Å². The van der Waals surface area contributed by atoms with Gasteiger partial charge in [0.2, 0.25) is 0 Å². The summed E-state index contributed by atoms with van der Waals surface area (Å²) in [5.41, 5.74) is 1.97. The molecule has 1 N–H and O–H groups in total. The second-order valence-electron chi connectivity index (χ2n) is 5.49. The van der Waals surface area contributed by atoms with Crippen LogP contribution in [0, 0.1) is 5.92 Å². The van der Waals surface area contributed by atoms with Crippen LogP contribution >= 0.6 is 11.6 Å². The molecule has 2 aromatic rings. The zero-order valence-electron chi connectivity index (χ0n) is 11.6. The van der Waals surface area contributed by atoms with Gasteiger partial charge in [-0.05, 0) is 38.1 Å². The van der Waals surface area contributed by atoms with E-state index < -0.39 is 5.97 Å². The van der Waals surface area contributed by atoms with Gasteiger partial charge in [0.25, 0.3) is 0 Å². The zero-order valence-corrected chi connectivity index (χ0v) is 12.4. The van der Waals surface area contributed by atoms with E-state index in [4.69, 9.17) is 16.7 Å². The molecule has 21 heavy (non-hydrogen) atoms. The van der Waals surface area contributed by atoms with Crippen LogP contribution in [0.15, 0.2) is 30.5 Å². The lowest BCUT2D eigenvalue weighted by atomic mass is 9.96. The fraction of sp³-hybridized carbons (Fsp3) is 0.375. The van der Waals surface area contributed by atoms with Crippen LogP contribution in [0.4, 0.5) is 0 Å². The maximum atomic E-state index is 11.0. The summed E-state index contributed by atoms with van der Waals surface area (Å²) >= 11 is 6.34. The van der Waals surface area contributed by atoms with Crippen molar-refractivity contribution in [1.29, 1.82) is 0 Å². The van der Waals surface area contributed by atoms with Crippen LogP contribution in [-0.4, -0.2) is 34.0 Å². The Kier molecular flexibility index (Phi) is 4.08. The molecule has 0 unspecified atom stereocenters. The number of hydrogen-bond acceptors (Lipinski definition) is 3. The van der Waals surface area contributed by atoms with Crippen molar-refractivity contribution in [2.75, 3.05) is 13.1 Å². The first-order chi connectivity index (χ1) is 10.1. The van der Waals surface area contributed by atoms with E-state index in [1.54, 1.807) is 6.20 Å². The molecule has 0 atom stereocenters. The monoisotopic (exact) mass is 304 g/mol. The summed E-state index contributed by atoms with van der Waals surface area (Å²) < 4.78 is 0. The first-order valence-electron chi connectivity index (χ1n) is 7.12. The number of carbonyl (C=O) groups is 1. The van der Waals surface area contributed by atoms with Gasteiger partial charge in [0.05, 0.1) is 11.4 Å². The molecule has 0 saturated carbocycles. The molecule has 5 heteroatoms. The van der Waals surface area contributed by atoms with Gasteiger partial charge in [-0.25, -0.2) is 0 Å². The van der Waals surface area contributed by atoms with E-state index in [9.17, 15) is 4.79 Å². The number of carboxylic acid groups (broad SMARTS) is 1. The van der Waals surface area contributed by atoms with Crippen molar-refractivity contribution >= 4 is 28.5 Å². The number of pyridine rings is 1. The Morgan fingerprint density at radius 2 is 2.10 bits per heavy atom. The highest BCUT2D eigenvalue weighted by Gasteiger charge is 2.25. The predicted octanol–water partition coefficient (Wildman–Crippen LogP) is 3.18. The second kappa shape index (κ2) is 6.00. The van der Waals surface area contributed by atoms with Crippen LogP contribution < -0.4 is 0 Å². The van der Waals surface area contributed by atoms with Crippen molar-refractivity contribution < 1.29 is 9.90 Å². The summed E-state index contributed by atoms with van der Waals surface area (Å²) in [7, 11) is 0. The zero-order chi connectivity index (χ0) is 14.8. The Balaban J connectivity index is 1.80. The van der Waals surface area contributed by atoms with E-state index in [-0.39, 0.29) is 5.92 Å². The minimum absolute atomic E-state index is 0.206. The number of halogens is 1. The molecule has 3 rings (SSSR count). The Morgan fingerprint density at radius 3 is 2.81 bits per heavy atom. The van der Waals surface area contributed by atoms with Crippen LogP contribution in [0.25, 0.3) is 10.9 Å². The average molecular weight is 305 g/mol. The summed E-state index contributed by atoms with van der Waals surface area (Å²) in [6.45, 7) is 2.30. The Morgan fingerprint density at radius 1 is 1.33 bits per heavy atom. The average Bonchev–Trinajstić information content (AvgIpc) is 2.51. The molecular weight excluding hydrogens is 288 g/mol. The van der Waals surface area contributed by atoms with E-state index in [1.165, 1.54) is 0 Å². The Hall–Kier alpha value is -1.65. The summed E-state index contributed by atoms with van der Waals surface area (Å²) in [5, 5.41) is 10.9. The molecule has 1 aliphatic heterocycles. The maximum absolute atomic E-state index is 11.0. The number of piperidine rings is 1. The summed E-state index contributed by atoms with van der Waals surface area (Å²) in [5.74, 6) is -0.887. The van der Waals surface area contributed by atoms with Crippen LogP contribution in [0.5, 0.6) is 0 Å². The molecule has 1 saturated heterocycles. The van der Waals surface area contributed by atoms with Gasteiger partial charge >= 0.3 is 5.97 Å². The molecule has 0 spiro atoms. The molecule has 2 heterocycles. The molecular formula is C16H17ClN2O2. The van der Waals surface area contributed by atoms with E-state index in [2.05, 4.69) is 9.88 Å². The number of aliphatic carboxylic acids is 1. The number of nitrogens with zero attached hydrogens (tertiary/aromatic N) is 2. The number of fused-ring (bicyclic) bond motifs is 1. The quantitative estimate of drug-likeness (QED) is 0.946. The fourth-order valence-corrected chi connectivity index (χ4v) is 3.11. The molecule has 110 valence electrons. The van der Waals surface area contributed by atoms with E-state index in [1.807, 2.05) is 24.3 Å². The number of likely N-dealkylation sites (tertiary alicyclic amines) is 1. The molecule has 0 aliphatic carbocycles. The second-order valence-corrected chi connectivity index (χ2v) is 5.90. The summed E-state index contributed by atoms with van der Waals surface area (Å²) in [4.78, 5) is 17.7. The van der Waals surface area contributed by atoms with E-state index in [0.717, 1.165) is 41.1 Å². The van der Waals surface area contributed by atoms with Crippen molar-refractivity contribution in [1.82, 2.24) is 9.88 Å². The smallest absolute Gasteiger partial charge is 0.306 e. The van der Waals surface area contributed by atoms with E-state index >= 15 is 0 Å². The lowest BCUT2D eigenvalue weighted by Gasteiger charge is -2.30. The van der Waals surface area contributed by atoms with Gasteiger partial charge in [0.15, 0.2) is 0 Å². The Labute approximate surface area is 128 Å². The van der Waals surface area contributed by atoms with Crippen LogP contribution in [0.2, 0.25) is 5.02 Å². The summed E-state index contributed by atoms with van der Waals surface area (Å²) in [6, 6.07) is 7.83. The van der Waals surface area contributed by atoms with Gasteiger partial charge in [-0.3, -0.25) is 14.7 Å². The Bertz CT molecular complexity index is 666. The predicted molar refractivity (Wildman–Crippen MR) is 82.4 cm³/mol. The van der Waals surface area contributed by atoms with E-state index in [0.29, 0.717) is 12.8 Å². The maximum Gasteiger partial charge on any atom is 0.306 e. The van der Waals surface area contributed by atoms with Crippen LogP contribution in [0.3, 0.4) is 0 Å². The van der Waals surface area contributed by atoms with Crippen molar-refractivity contribution in [3.8, 4) is 0 Å². The van der Waals surface area contributed by atoms with Gasteiger partial charge in [0, 0.05) is 28.7 Å². The molecule has 1 aliphatic rings. The highest BCUT2D eigenvalue weighted by atomic mass is 35.5. The minimum Gasteiger partial charge on any atom is -0.481 e. The minimum atomic E-state index is -0.681. The molecule has 1 aromatic heterocycles. The van der Waals surface area contributed by atoms with Gasteiger partial charge in [-0.1, -0.05) is 23.7 Å². The molecule has 0 bridgehead atoms. The van der Waals surface area contributed by atoms with Gasteiger partial charge in [0.1, 0.15) is 0 Å². The van der Waals surface area contributed by atoms with Gasteiger partial charge in [-0.2, -0.15) is 0 Å². The third-order valence-corrected chi connectivity index (χ3v) is 4.49. The highest BCUT2D eigenvalue weighted by Crippen LogP contribution is 2.27.